The predicted octanol–water partition coefficient (Wildman–Crippen LogP) is 2.21. The van der Waals surface area contributed by atoms with Crippen LogP contribution in [0.15, 0.2) is 10.6 Å². The summed E-state index contributed by atoms with van der Waals surface area (Å²) in [5.41, 5.74) is 1.56. The minimum absolute atomic E-state index is 0.00757. The van der Waals surface area contributed by atoms with Crippen LogP contribution in [0.5, 0.6) is 0 Å². The molecule has 2 aromatic heterocycles. The maximum absolute atomic E-state index is 13.0. The number of fused-ring (bicyclic) bond motifs is 1. The Kier molecular flexibility index (Phi) is 4.85. The maximum Gasteiger partial charge on any atom is 0.276 e. The van der Waals surface area contributed by atoms with Crippen LogP contribution in [0.25, 0.3) is 0 Å². The molecule has 1 aliphatic carbocycles. The molecular formula is C21H28N6O2. The zero-order valence-electron chi connectivity index (χ0n) is 17.1. The first-order chi connectivity index (χ1) is 14.2. The summed E-state index contributed by atoms with van der Waals surface area (Å²) in [6.45, 7) is 6.96. The van der Waals surface area contributed by atoms with Gasteiger partial charge in [0.25, 0.3) is 5.91 Å². The van der Waals surface area contributed by atoms with Gasteiger partial charge in [0.1, 0.15) is 23.2 Å². The van der Waals surface area contributed by atoms with E-state index in [1.165, 1.54) is 12.8 Å². The molecular weight excluding hydrogens is 368 g/mol. The molecule has 2 fully saturated rings. The number of hydrogen-bond donors (Lipinski definition) is 0. The predicted molar refractivity (Wildman–Crippen MR) is 109 cm³/mol. The molecule has 1 amide bonds. The summed E-state index contributed by atoms with van der Waals surface area (Å²) in [4.78, 5) is 28.8. The fourth-order valence-corrected chi connectivity index (χ4v) is 4.65. The lowest BCUT2D eigenvalue weighted by Crippen LogP contribution is -2.49. The molecule has 0 spiro atoms. The van der Waals surface area contributed by atoms with E-state index >= 15 is 0 Å². The Labute approximate surface area is 170 Å². The van der Waals surface area contributed by atoms with E-state index in [1.807, 2.05) is 11.8 Å². The van der Waals surface area contributed by atoms with Crippen molar-refractivity contribution in [1.29, 1.82) is 0 Å². The summed E-state index contributed by atoms with van der Waals surface area (Å²) in [5, 5.41) is 4.11. The summed E-state index contributed by atoms with van der Waals surface area (Å²) in [5.74, 6) is 3.71. The van der Waals surface area contributed by atoms with Crippen molar-refractivity contribution in [3.63, 3.8) is 0 Å². The van der Waals surface area contributed by atoms with E-state index in [0.717, 1.165) is 80.6 Å². The number of piperazine rings is 1. The molecule has 3 aliphatic rings. The Bertz CT molecular complexity index is 897. The number of anilines is 2. The molecule has 0 aromatic carbocycles. The summed E-state index contributed by atoms with van der Waals surface area (Å²) < 4.78 is 5.44. The van der Waals surface area contributed by atoms with Crippen molar-refractivity contribution in [2.24, 2.45) is 0 Å². The Morgan fingerprint density at radius 2 is 1.55 bits per heavy atom. The SMILES string of the molecule is Cc1nc(N2CCCC2)cc(N2CCN(C(=O)c3noc4c3CCCC4)CC2)n1. The highest BCUT2D eigenvalue weighted by atomic mass is 16.5. The normalized spacial score (nSPS) is 19.6. The molecule has 29 heavy (non-hydrogen) atoms. The van der Waals surface area contributed by atoms with Gasteiger partial charge in [-0.15, -0.1) is 0 Å². The van der Waals surface area contributed by atoms with Gasteiger partial charge in [-0.05, 0) is 39.0 Å². The van der Waals surface area contributed by atoms with Crippen LogP contribution in [0.1, 0.15) is 53.3 Å². The fraction of sp³-hybridized carbons (Fsp3) is 0.619. The van der Waals surface area contributed by atoms with E-state index in [0.29, 0.717) is 18.8 Å². The Hall–Kier alpha value is -2.64. The molecule has 0 unspecified atom stereocenters. The quantitative estimate of drug-likeness (QED) is 0.787. The van der Waals surface area contributed by atoms with Crippen molar-refractivity contribution in [3.8, 4) is 0 Å². The van der Waals surface area contributed by atoms with Crippen LogP contribution in [-0.4, -0.2) is 65.2 Å². The summed E-state index contributed by atoms with van der Waals surface area (Å²) in [6.07, 6.45) is 6.48. The van der Waals surface area contributed by atoms with E-state index in [2.05, 4.69) is 31.0 Å². The number of aryl methyl sites for hydroxylation is 2. The first-order valence-corrected chi connectivity index (χ1v) is 10.8. The lowest BCUT2D eigenvalue weighted by molar-refractivity contribution is 0.0735. The lowest BCUT2D eigenvalue weighted by atomic mass is 9.96. The highest BCUT2D eigenvalue weighted by Gasteiger charge is 2.30. The van der Waals surface area contributed by atoms with Crippen LogP contribution in [0.4, 0.5) is 11.6 Å². The number of amides is 1. The van der Waals surface area contributed by atoms with E-state index in [9.17, 15) is 4.79 Å². The van der Waals surface area contributed by atoms with Crippen LogP contribution < -0.4 is 9.80 Å². The highest BCUT2D eigenvalue weighted by Crippen LogP contribution is 2.26. The van der Waals surface area contributed by atoms with Gasteiger partial charge < -0.3 is 19.2 Å². The molecule has 4 heterocycles. The van der Waals surface area contributed by atoms with Crippen molar-refractivity contribution in [2.75, 3.05) is 49.1 Å². The second-order valence-corrected chi connectivity index (χ2v) is 8.24. The average Bonchev–Trinajstić information content (AvgIpc) is 3.43. The largest absolute Gasteiger partial charge is 0.360 e. The van der Waals surface area contributed by atoms with Crippen molar-refractivity contribution >= 4 is 17.5 Å². The fourth-order valence-electron chi connectivity index (χ4n) is 4.65. The molecule has 2 aromatic rings. The van der Waals surface area contributed by atoms with Crippen molar-refractivity contribution in [1.82, 2.24) is 20.0 Å². The molecule has 0 atom stereocenters. The second-order valence-electron chi connectivity index (χ2n) is 8.24. The highest BCUT2D eigenvalue weighted by molar-refractivity contribution is 5.94. The third kappa shape index (κ3) is 3.56. The Morgan fingerprint density at radius 3 is 2.28 bits per heavy atom. The molecule has 8 nitrogen and oxygen atoms in total. The molecule has 0 radical (unpaired) electrons. The van der Waals surface area contributed by atoms with Gasteiger partial charge in [-0.1, -0.05) is 5.16 Å². The van der Waals surface area contributed by atoms with Gasteiger partial charge in [0, 0.05) is 57.3 Å². The smallest absolute Gasteiger partial charge is 0.276 e. The van der Waals surface area contributed by atoms with Crippen LogP contribution in [0.3, 0.4) is 0 Å². The van der Waals surface area contributed by atoms with Crippen LogP contribution in [0, 0.1) is 6.92 Å². The van der Waals surface area contributed by atoms with Gasteiger partial charge in [0.05, 0.1) is 0 Å². The van der Waals surface area contributed by atoms with Gasteiger partial charge in [-0.2, -0.15) is 0 Å². The third-order valence-corrected chi connectivity index (χ3v) is 6.28. The van der Waals surface area contributed by atoms with Gasteiger partial charge in [-0.3, -0.25) is 4.79 Å². The summed E-state index contributed by atoms with van der Waals surface area (Å²) >= 11 is 0. The van der Waals surface area contributed by atoms with E-state index in [1.54, 1.807) is 0 Å². The van der Waals surface area contributed by atoms with Crippen molar-refractivity contribution < 1.29 is 9.32 Å². The number of carbonyl (C=O) groups is 1. The van der Waals surface area contributed by atoms with E-state index < -0.39 is 0 Å². The molecule has 0 N–H and O–H groups in total. The van der Waals surface area contributed by atoms with Gasteiger partial charge in [0.15, 0.2) is 5.69 Å². The second kappa shape index (κ2) is 7.65. The molecule has 0 bridgehead atoms. The van der Waals surface area contributed by atoms with Crippen molar-refractivity contribution in [3.05, 3.63) is 28.9 Å². The molecule has 0 saturated carbocycles. The molecule has 2 aliphatic heterocycles. The zero-order valence-corrected chi connectivity index (χ0v) is 17.1. The topological polar surface area (TPSA) is 78.6 Å². The van der Waals surface area contributed by atoms with Gasteiger partial charge in [-0.25, -0.2) is 9.97 Å². The number of aromatic nitrogens is 3. The molecule has 8 heteroatoms. The number of rotatable bonds is 3. The minimum Gasteiger partial charge on any atom is -0.360 e. The van der Waals surface area contributed by atoms with Gasteiger partial charge in [0.2, 0.25) is 0 Å². The summed E-state index contributed by atoms with van der Waals surface area (Å²) in [7, 11) is 0. The zero-order chi connectivity index (χ0) is 19.8. The van der Waals surface area contributed by atoms with Gasteiger partial charge >= 0.3 is 0 Å². The number of nitrogens with zero attached hydrogens (tertiary/aromatic N) is 6. The van der Waals surface area contributed by atoms with Crippen LogP contribution in [-0.2, 0) is 12.8 Å². The average molecular weight is 396 g/mol. The monoisotopic (exact) mass is 396 g/mol. The van der Waals surface area contributed by atoms with Crippen LogP contribution in [0.2, 0.25) is 0 Å². The molecule has 2 saturated heterocycles. The van der Waals surface area contributed by atoms with E-state index in [4.69, 9.17) is 4.52 Å². The first kappa shape index (κ1) is 18.4. The molecule has 5 rings (SSSR count). The third-order valence-electron chi connectivity index (χ3n) is 6.28. The van der Waals surface area contributed by atoms with E-state index in [-0.39, 0.29) is 5.91 Å². The standard InChI is InChI=1S/C21H28N6O2/c1-15-22-18(25-8-4-5-9-25)14-19(23-15)26-10-12-27(13-11-26)21(28)20-16-6-2-3-7-17(16)29-24-20/h14H,2-13H2,1H3. The first-order valence-electron chi connectivity index (χ1n) is 10.8. The Balaban J connectivity index is 1.27. The molecule has 154 valence electrons. The maximum atomic E-state index is 13.0. The van der Waals surface area contributed by atoms with Crippen molar-refractivity contribution in [2.45, 2.75) is 45.4 Å². The van der Waals surface area contributed by atoms with Crippen LogP contribution >= 0.6 is 0 Å². The Morgan fingerprint density at radius 1 is 0.897 bits per heavy atom. The lowest BCUT2D eigenvalue weighted by Gasteiger charge is -2.35. The summed E-state index contributed by atoms with van der Waals surface area (Å²) in [6, 6.07) is 2.10. The number of hydrogen-bond acceptors (Lipinski definition) is 7. The minimum atomic E-state index is 0.00757. The number of carbonyl (C=O) groups excluding carboxylic acids is 1.